The number of hydrogen-bond acceptors (Lipinski definition) is 7. The van der Waals surface area contributed by atoms with Crippen molar-refractivity contribution in [3.8, 4) is 0 Å². The number of H-pyrrole nitrogens is 1. The molecule has 2 saturated heterocycles. The van der Waals surface area contributed by atoms with Crippen LogP contribution in [-0.4, -0.2) is 57.2 Å². The van der Waals surface area contributed by atoms with Gasteiger partial charge >= 0.3 is 10.8 Å². The standard InChI is InChI=1S/C16H16N4O6S/c1-8-13(17-16(23)27-8)15(22)18-6-9-4-5-19(10(9)7-18)14(21)11-2-3-12(26-11)20(24)25/h2-3,9-10H,4-7H2,1H3,(H,17,23)/t9-,10+/m0/s1. The van der Waals surface area contributed by atoms with Gasteiger partial charge in [0.1, 0.15) is 10.6 Å². The highest BCUT2D eigenvalue weighted by Crippen LogP contribution is 2.34. The Hall–Kier alpha value is -2.95. The van der Waals surface area contributed by atoms with E-state index in [2.05, 4.69) is 4.98 Å². The topological polar surface area (TPSA) is 130 Å². The van der Waals surface area contributed by atoms with Gasteiger partial charge in [0.2, 0.25) is 0 Å². The second kappa shape index (κ2) is 6.34. The van der Waals surface area contributed by atoms with E-state index < -0.39 is 16.7 Å². The van der Waals surface area contributed by atoms with Crippen LogP contribution in [0.1, 0.15) is 32.3 Å². The Morgan fingerprint density at radius 3 is 2.74 bits per heavy atom. The van der Waals surface area contributed by atoms with Gasteiger partial charge in [-0.25, -0.2) is 0 Å². The molecule has 2 fully saturated rings. The number of nitro groups is 1. The number of aromatic nitrogens is 1. The Balaban J connectivity index is 1.50. The Labute approximate surface area is 156 Å². The summed E-state index contributed by atoms with van der Waals surface area (Å²) in [6, 6.07) is 2.28. The second-order valence-corrected chi connectivity index (χ2v) is 7.85. The van der Waals surface area contributed by atoms with Crippen molar-refractivity contribution >= 4 is 29.0 Å². The minimum atomic E-state index is -0.691. The molecule has 2 atom stereocenters. The molecule has 2 aromatic heterocycles. The van der Waals surface area contributed by atoms with Crippen molar-refractivity contribution in [2.45, 2.75) is 19.4 Å². The molecule has 27 heavy (non-hydrogen) atoms. The average molecular weight is 392 g/mol. The van der Waals surface area contributed by atoms with E-state index in [1.807, 2.05) is 0 Å². The Bertz CT molecular complexity index is 991. The summed E-state index contributed by atoms with van der Waals surface area (Å²) in [4.78, 5) is 53.1. The lowest BCUT2D eigenvalue weighted by Crippen LogP contribution is -2.40. The molecule has 0 radical (unpaired) electrons. The fraction of sp³-hybridized carbons (Fsp3) is 0.438. The summed E-state index contributed by atoms with van der Waals surface area (Å²) < 4.78 is 5.02. The molecule has 2 aromatic rings. The highest BCUT2D eigenvalue weighted by atomic mass is 32.1. The zero-order valence-corrected chi connectivity index (χ0v) is 15.2. The lowest BCUT2D eigenvalue weighted by Gasteiger charge is -2.24. The first kappa shape index (κ1) is 17.5. The van der Waals surface area contributed by atoms with Gasteiger partial charge in [0.05, 0.1) is 12.1 Å². The van der Waals surface area contributed by atoms with Crippen molar-refractivity contribution in [2.24, 2.45) is 5.92 Å². The monoisotopic (exact) mass is 392 g/mol. The van der Waals surface area contributed by atoms with Crippen LogP contribution in [-0.2, 0) is 0 Å². The molecule has 2 amide bonds. The van der Waals surface area contributed by atoms with Gasteiger partial charge in [-0.2, -0.15) is 0 Å². The number of carbonyl (C=O) groups excluding carboxylic acids is 2. The fourth-order valence-corrected chi connectivity index (χ4v) is 4.50. The third-order valence-corrected chi connectivity index (χ3v) is 5.91. The molecule has 0 spiro atoms. The van der Waals surface area contributed by atoms with Gasteiger partial charge in [-0.15, -0.1) is 0 Å². The molecular formula is C16H16N4O6S. The zero-order valence-electron chi connectivity index (χ0n) is 14.3. The Morgan fingerprint density at radius 1 is 1.33 bits per heavy atom. The summed E-state index contributed by atoms with van der Waals surface area (Å²) in [6.07, 6.45) is 0.738. The largest absolute Gasteiger partial charge is 0.433 e. The minimum absolute atomic E-state index is 0.0786. The average Bonchev–Trinajstić information content (AvgIpc) is 3.36. The summed E-state index contributed by atoms with van der Waals surface area (Å²) in [7, 11) is 0. The summed E-state index contributed by atoms with van der Waals surface area (Å²) in [5.74, 6) is -1.08. The number of nitrogens with zero attached hydrogens (tertiary/aromatic N) is 3. The maximum Gasteiger partial charge on any atom is 0.433 e. The normalized spacial score (nSPS) is 21.5. The van der Waals surface area contributed by atoms with E-state index in [9.17, 15) is 24.5 Å². The second-order valence-electron chi connectivity index (χ2n) is 6.67. The van der Waals surface area contributed by atoms with Crippen molar-refractivity contribution in [1.82, 2.24) is 14.8 Å². The molecule has 2 aliphatic heterocycles. The number of aryl methyl sites for hydroxylation is 1. The highest BCUT2D eigenvalue weighted by molar-refractivity contribution is 7.09. The first-order valence-corrected chi connectivity index (χ1v) is 9.21. The molecule has 10 nitrogen and oxygen atoms in total. The minimum Gasteiger partial charge on any atom is -0.395 e. The number of furan rings is 1. The van der Waals surface area contributed by atoms with Crippen molar-refractivity contribution in [3.63, 3.8) is 0 Å². The van der Waals surface area contributed by atoms with Crippen molar-refractivity contribution in [2.75, 3.05) is 19.6 Å². The molecule has 0 aromatic carbocycles. The maximum absolute atomic E-state index is 12.7. The first-order chi connectivity index (χ1) is 12.8. The predicted octanol–water partition coefficient (Wildman–Crippen LogP) is 1.23. The van der Waals surface area contributed by atoms with Gasteiger partial charge in [-0.3, -0.25) is 24.5 Å². The van der Waals surface area contributed by atoms with Crippen molar-refractivity contribution < 1.29 is 18.9 Å². The number of amides is 2. The van der Waals surface area contributed by atoms with E-state index in [-0.39, 0.29) is 28.5 Å². The maximum atomic E-state index is 12.7. The van der Waals surface area contributed by atoms with Crippen molar-refractivity contribution in [1.29, 1.82) is 0 Å². The van der Waals surface area contributed by atoms with Gasteiger partial charge in [0.15, 0.2) is 5.76 Å². The molecule has 0 aliphatic carbocycles. The van der Waals surface area contributed by atoms with Crippen LogP contribution >= 0.6 is 11.3 Å². The van der Waals surface area contributed by atoms with Crippen LogP contribution in [0.4, 0.5) is 5.88 Å². The van der Waals surface area contributed by atoms with Gasteiger partial charge in [0.25, 0.3) is 11.8 Å². The predicted molar refractivity (Wildman–Crippen MR) is 93.9 cm³/mol. The Morgan fingerprint density at radius 2 is 2.11 bits per heavy atom. The Kier molecular flexibility index (Phi) is 4.10. The number of hydrogen-bond donors (Lipinski definition) is 1. The van der Waals surface area contributed by atoms with E-state index >= 15 is 0 Å². The summed E-state index contributed by atoms with van der Waals surface area (Å²) in [5, 5.41) is 10.7. The molecular weight excluding hydrogens is 376 g/mol. The molecule has 0 saturated carbocycles. The number of carbonyl (C=O) groups is 2. The number of nitrogens with one attached hydrogen (secondary N) is 1. The molecule has 0 bridgehead atoms. The van der Waals surface area contributed by atoms with Gasteiger partial charge in [-0.1, -0.05) is 11.3 Å². The van der Waals surface area contributed by atoms with Gasteiger partial charge in [0, 0.05) is 30.4 Å². The van der Waals surface area contributed by atoms with Crippen LogP contribution < -0.4 is 4.87 Å². The number of thiazole rings is 1. The zero-order chi connectivity index (χ0) is 19.3. The highest BCUT2D eigenvalue weighted by Gasteiger charge is 2.46. The number of aromatic amines is 1. The molecule has 2 aliphatic rings. The van der Waals surface area contributed by atoms with Gasteiger partial charge in [-0.05, 0) is 19.4 Å². The first-order valence-electron chi connectivity index (χ1n) is 8.39. The van der Waals surface area contributed by atoms with Crippen LogP contribution in [0, 0.1) is 23.0 Å². The van der Waals surface area contributed by atoms with Crippen LogP contribution in [0.15, 0.2) is 21.3 Å². The lowest BCUT2D eigenvalue weighted by molar-refractivity contribution is -0.402. The summed E-state index contributed by atoms with van der Waals surface area (Å²) in [6.45, 7) is 3.09. The number of rotatable bonds is 3. The van der Waals surface area contributed by atoms with E-state index in [1.165, 1.54) is 6.07 Å². The van der Waals surface area contributed by atoms with Crippen LogP contribution in [0.3, 0.4) is 0 Å². The summed E-state index contributed by atoms with van der Waals surface area (Å²) in [5.41, 5.74) is 0.296. The molecule has 4 rings (SSSR count). The van der Waals surface area contributed by atoms with Crippen LogP contribution in [0.2, 0.25) is 0 Å². The molecule has 0 unspecified atom stereocenters. The van der Waals surface area contributed by atoms with E-state index in [4.69, 9.17) is 4.42 Å². The van der Waals surface area contributed by atoms with Crippen molar-refractivity contribution in [3.05, 3.63) is 48.2 Å². The lowest BCUT2D eigenvalue weighted by atomic mass is 10.1. The van der Waals surface area contributed by atoms with E-state index in [0.717, 1.165) is 23.8 Å². The van der Waals surface area contributed by atoms with Crippen LogP contribution in [0.5, 0.6) is 0 Å². The van der Waals surface area contributed by atoms with E-state index in [0.29, 0.717) is 30.2 Å². The quantitative estimate of drug-likeness (QED) is 0.618. The van der Waals surface area contributed by atoms with Gasteiger partial charge < -0.3 is 19.2 Å². The van der Waals surface area contributed by atoms with Crippen LogP contribution in [0.25, 0.3) is 0 Å². The molecule has 142 valence electrons. The molecule has 4 heterocycles. The molecule has 11 heteroatoms. The number of likely N-dealkylation sites (tertiary alicyclic amines) is 2. The summed E-state index contributed by atoms with van der Waals surface area (Å²) >= 11 is 0.994. The SMILES string of the molecule is Cc1sc(=O)[nH]c1C(=O)N1C[C@@H]2CCN(C(=O)c3ccc([N+](=O)[O-])o3)[C@@H]2C1. The van der Waals surface area contributed by atoms with E-state index in [1.54, 1.807) is 16.7 Å². The third-order valence-electron chi connectivity index (χ3n) is 5.12. The third kappa shape index (κ3) is 2.93. The fourth-order valence-electron chi connectivity index (χ4n) is 3.83. The molecule has 1 N–H and O–H groups in total. The number of fused-ring (bicyclic) bond motifs is 1. The smallest absolute Gasteiger partial charge is 0.395 e.